The Hall–Kier alpha value is -3.39. The van der Waals surface area contributed by atoms with E-state index in [2.05, 4.69) is 28.1 Å². The van der Waals surface area contributed by atoms with Crippen molar-refractivity contribution in [3.63, 3.8) is 0 Å². The third kappa shape index (κ3) is 7.21. The van der Waals surface area contributed by atoms with E-state index in [9.17, 15) is 14.4 Å². The number of benzene rings is 2. The largest absolute Gasteiger partial charge is 0.483 e. The van der Waals surface area contributed by atoms with Gasteiger partial charge in [-0.3, -0.25) is 14.4 Å². The zero-order valence-electron chi connectivity index (χ0n) is 16.7. The molecule has 0 aromatic heterocycles. The Labute approximate surface area is 179 Å². The van der Waals surface area contributed by atoms with Gasteiger partial charge in [0.25, 0.3) is 5.91 Å². The summed E-state index contributed by atoms with van der Waals surface area (Å²) in [6.07, 6.45) is 2.20. The van der Waals surface area contributed by atoms with Crippen molar-refractivity contribution in [2.24, 2.45) is 5.10 Å². The van der Waals surface area contributed by atoms with Crippen molar-refractivity contribution in [2.45, 2.75) is 20.3 Å². The minimum atomic E-state index is -0.897. The summed E-state index contributed by atoms with van der Waals surface area (Å²) in [5.74, 6) is -1.68. The molecular formula is C21H23ClN4O4. The normalized spacial score (nSPS) is 10.5. The lowest BCUT2D eigenvalue weighted by Gasteiger charge is -2.10. The second-order valence-electron chi connectivity index (χ2n) is 6.13. The molecule has 0 spiro atoms. The highest BCUT2D eigenvalue weighted by molar-refractivity contribution is 6.35. The molecule has 9 heteroatoms. The first-order valence-electron chi connectivity index (χ1n) is 9.35. The average molecular weight is 431 g/mol. The van der Waals surface area contributed by atoms with Crippen LogP contribution in [-0.2, 0) is 20.8 Å². The number of nitrogens with zero attached hydrogens (tertiary/aromatic N) is 1. The van der Waals surface area contributed by atoms with E-state index in [1.165, 1.54) is 11.8 Å². The van der Waals surface area contributed by atoms with Gasteiger partial charge in [0.1, 0.15) is 5.75 Å². The first-order chi connectivity index (χ1) is 14.4. The first kappa shape index (κ1) is 22.9. The third-order valence-electron chi connectivity index (χ3n) is 3.89. The summed E-state index contributed by atoms with van der Waals surface area (Å²) in [6.45, 7) is 3.84. The minimum absolute atomic E-state index is 0.233. The van der Waals surface area contributed by atoms with E-state index >= 15 is 0 Å². The number of rotatable bonds is 8. The minimum Gasteiger partial charge on any atom is -0.483 e. The Bertz CT molecular complexity index is 929. The maximum Gasteiger partial charge on any atom is 0.329 e. The maximum atomic E-state index is 12.2. The van der Waals surface area contributed by atoms with Crippen LogP contribution in [0.2, 0.25) is 5.02 Å². The molecule has 2 aromatic carbocycles. The first-order valence-corrected chi connectivity index (χ1v) is 9.73. The lowest BCUT2D eigenvalue weighted by molar-refractivity contribution is -0.139. The summed E-state index contributed by atoms with van der Waals surface area (Å²) < 4.78 is 5.56. The van der Waals surface area contributed by atoms with Gasteiger partial charge in [0.15, 0.2) is 6.61 Å². The maximum absolute atomic E-state index is 12.2. The van der Waals surface area contributed by atoms with Crippen LogP contribution in [-0.4, -0.2) is 37.1 Å². The molecule has 0 saturated heterocycles. The van der Waals surface area contributed by atoms with Gasteiger partial charge < -0.3 is 15.4 Å². The van der Waals surface area contributed by atoms with E-state index in [0.717, 1.165) is 6.42 Å². The summed E-state index contributed by atoms with van der Waals surface area (Å²) in [5.41, 5.74) is 4.39. The van der Waals surface area contributed by atoms with Crippen LogP contribution >= 0.6 is 11.6 Å². The highest BCUT2D eigenvalue weighted by Crippen LogP contribution is 2.21. The lowest BCUT2D eigenvalue weighted by atomic mass is 10.1. The Morgan fingerprint density at radius 3 is 2.47 bits per heavy atom. The molecule has 0 aliphatic rings. The second-order valence-corrected chi connectivity index (χ2v) is 6.56. The molecule has 0 bridgehead atoms. The van der Waals surface area contributed by atoms with Crippen molar-refractivity contribution in [1.29, 1.82) is 0 Å². The number of hydrazone groups is 1. The molecule has 158 valence electrons. The van der Waals surface area contributed by atoms with Gasteiger partial charge in [-0.25, -0.2) is 5.43 Å². The molecular weight excluding hydrogens is 408 g/mol. The number of likely N-dealkylation sites (N-methyl/N-ethyl adjacent to an activating group) is 1. The fourth-order valence-corrected chi connectivity index (χ4v) is 2.55. The van der Waals surface area contributed by atoms with Gasteiger partial charge in [-0.15, -0.1) is 0 Å². The highest BCUT2D eigenvalue weighted by atomic mass is 35.5. The molecule has 0 radical (unpaired) electrons. The molecule has 30 heavy (non-hydrogen) atoms. The zero-order valence-corrected chi connectivity index (χ0v) is 17.5. The van der Waals surface area contributed by atoms with Crippen LogP contribution in [0, 0.1) is 0 Å². The number of aryl methyl sites for hydroxylation is 1. The molecule has 0 fully saturated rings. The molecule has 3 N–H and O–H groups in total. The van der Waals surface area contributed by atoms with Crippen molar-refractivity contribution >= 4 is 41.2 Å². The number of carbonyl (C=O) groups excluding carboxylic acids is 3. The monoisotopic (exact) mass is 430 g/mol. The summed E-state index contributed by atoms with van der Waals surface area (Å²) in [7, 11) is 0. The predicted molar refractivity (Wildman–Crippen MR) is 116 cm³/mol. The molecule has 8 nitrogen and oxygen atoms in total. The SMILES string of the molecule is CCNC(=O)C(=O)N/N=C\c1cc(Cl)ccc1OCC(=O)Nc1ccc(CC)cc1. The second kappa shape index (κ2) is 11.6. The Morgan fingerprint density at radius 1 is 1.07 bits per heavy atom. The number of anilines is 1. The number of amides is 3. The van der Waals surface area contributed by atoms with E-state index in [-0.39, 0.29) is 12.5 Å². The van der Waals surface area contributed by atoms with E-state index in [0.29, 0.717) is 28.6 Å². The van der Waals surface area contributed by atoms with E-state index in [4.69, 9.17) is 16.3 Å². The summed E-state index contributed by atoms with van der Waals surface area (Å²) >= 11 is 6.00. The van der Waals surface area contributed by atoms with Crippen molar-refractivity contribution in [3.05, 3.63) is 58.6 Å². The summed E-state index contributed by atoms with van der Waals surface area (Å²) in [4.78, 5) is 35.1. The lowest BCUT2D eigenvalue weighted by Crippen LogP contribution is -2.37. The van der Waals surface area contributed by atoms with Crippen molar-refractivity contribution in [2.75, 3.05) is 18.5 Å². The third-order valence-corrected chi connectivity index (χ3v) is 4.12. The molecule has 0 saturated carbocycles. The number of hydrogen-bond donors (Lipinski definition) is 3. The van der Waals surface area contributed by atoms with Gasteiger partial charge in [-0.05, 0) is 49.2 Å². The van der Waals surface area contributed by atoms with Crippen molar-refractivity contribution in [1.82, 2.24) is 10.7 Å². The highest BCUT2D eigenvalue weighted by Gasteiger charge is 2.11. The van der Waals surface area contributed by atoms with Crippen LogP contribution in [0.3, 0.4) is 0 Å². The molecule has 0 aliphatic carbocycles. The van der Waals surface area contributed by atoms with Crippen LogP contribution < -0.4 is 20.8 Å². The molecule has 0 heterocycles. The van der Waals surface area contributed by atoms with Gasteiger partial charge in [-0.1, -0.05) is 30.7 Å². The smallest absolute Gasteiger partial charge is 0.329 e. The standard InChI is InChI=1S/C21H23ClN4O4/c1-3-14-5-8-17(9-6-14)25-19(27)13-30-18-10-7-16(22)11-15(18)12-24-26-21(29)20(28)23-4-2/h5-12H,3-4,13H2,1-2H3,(H,23,28)(H,25,27)(H,26,29)/b24-12-. The van der Waals surface area contributed by atoms with Crippen LogP contribution in [0.5, 0.6) is 5.75 Å². The molecule has 2 rings (SSSR count). The Kier molecular flexibility index (Phi) is 8.83. The molecule has 2 aromatic rings. The molecule has 0 atom stereocenters. The van der Waals surface area contributed by atoms with E-state index in [1.807, 2.05) is 24.3 Å². The Morgan fingerprint density at radius 2 is 1.80 bits per heavy atom. The van der Waals surface area contributed by atoms with Crippen LogP contribution in [0.4, 0.5) is 5.69 Å². The Balaban J connectivity index is 1.96. The number of hydrogen-bond acceptors (Lipinski definition) is 5. The summed E-state index contributed by atoms with van der Waals surface area (Å²) in [5, 5.41) is 9.26. The predicted octanol–water partition coefficient (Wildman–Crippen LogP) is 2.51. The van der Waals surface area contributed by atoms with Gasteiger partial charge in [0.05, 0.1) is 6.21 Å². The van der Waals surface area contributed by atoms with Gasteiger partial charge in [0, 0.05) is 22.8 Å². The molecule has 0 unspecified atom stereocenters. The zero-order chi connectivity index (χ0) is 21.9. The van der Waals surface area contributed by atoms with Gasteiger partial charge in [0.2, 0.25) is 0 Å². The van der Waals surface area contributed by atoms with Crippen molar-refractivity contribution < 1.29 is 19.1 Å². The molecule has 0 aliphatic heterocycles. The van der Waals surface area contributed by atoms with Crippen LogP contribution in [0.15, 0.2) is 47.6 Å². The quantitative estimate of drug-likeness (QED) is 0.339. The van der Waals surface area contributed by atoms with E-state index in [1.54, 1.807) is 25.1 Å². The molecule has 3 amide bonds. The van der Waals surface area contributed by atoms with Gasteiger partial charge in [-0.2, -0.15) is 5.10 Å². The number of nitrogens with one attached hydrogen (secondary N) is 3. The van der Waals surface area contributed by atoms with Crippen LogP contribution in [0.25, 0.3) is 0 Å². The van der Waals surface area contributed by atoms with Crippen LogP contribution in [0.1, 0.15) is 25.0 Å². The fourth-order valence-electron chi connectivity index (χ4n) is 2.37. The average Bonchev–Trinajstić information content (AvgIpc) is 2.73. The number of carbonyl (C=O) groups is 3. The fraction of sp³-hybridized carbons (Fsp3) is 0.238. The topological polar surface area (TPSA) is 109 Å². The van der Waals surface area contributed by atoms with Crippen molar-refractivity contribution in [3.8, 4) is 5.75 Å². The van der Waals surface area contributed by atoms with E-state index < -0.39 is 11.8 Å². The number of halogens is 1. The van der Waals surface area contributed by atoms with Gasteiger partial charge >= 0.3 is 11.8 Å². The summed E-state index contributed by atoms with van der Waals surface area (Å²) in [6, 6.07) is 12.3. The number of ether oxygens (including phenoxy) is 1.